The molecule has 3 heterocycles. The van der Waals surface area contributed by atoms with Crippen LogP contribution in [-0.4, -0.2) is 32.9 Å². The molecule has 4 aromatic rings. The molecule has 1 amide bonds. The van der Waals surface area contributed by atoms with Gasteiger partial charge in [0.25, 0.3) is 11.7 Å². The first-order valence-corrected chi connectivity index (χ1v) is 12.4. The van der Waals surface area contributed by atoms with Crippen molar-refractivity contribution in [3.05, 3.63) is 95.1 Å². The molecule has 1 aliphatic rings. The van der Waals surface area contributed by atoms with Crippen LogP contribution in [0.25, 0.3) is 16.7 Å². The van der Waals surface area contributed by atoms with Crippen LogP contribution < -0.4 is 4.74 Å². The number of amides is 1. The second-order valence-electron chi connectivity index (χ2n) is 9.56. The Morgan fingerprint density at radius 2 is 1.89 bits per heavy atom. The molecule has 1 unspecified atom stereocenters. The summed E-state index contributed by atoms with van der Waals surface area (Å²) in [6, 6.07) is 15.9. The highest BCUT2D eigenvalue weighted by Crippen LogP contribution is 2.43. The van der Waals surface area contributed by atoms with Crippen molar-refractivity contribution < 1.29 is 23.8 Å². The van der Waals surface area contributed by atoms with Crippen molar-refractivity contribution >= 4 is 28.4 Å². The second-order valence-corrected chi connectivity index (χ2v) is 9.56. The minimum Gasteiger partial charge on any atom is -0.507 e. The number of aryl methyl sites for hydroxylation is 1. The summed E-state index contributed by atoms with van der Waals surface area (Å²) in [5, 5.41) is 12.5. The Morgan fingerprint density at radius 1 is 1.11 bits per heavy atom. The third kappa shape index (κ3) is 4.20. The highest BCUT2D eigenvalue weighted by Gasteiger charge is 2.47. The minimum atomic E-state index is -0.787. The third-order valence-corrected chi connectivity index (χ3v) is 6.87. The molecule has 1 atom stereocenters. The van der Waals surface area contributed by atoms with Gasteiger partial charge in [0.1, 0.15) is 17.3 Å². The van der Waals surface area contributed by atoms with E-state index in [1.54, 1.807) is 24.3 Å². The number of nitrogens with zero attached hydrogens (tertiary/aromatic N) is 2. The molecular formula is C30H30N2O5. The Balaban J connectivity index is 1.72. The van der Waals surface area contributed by atoms with E-state index in [4.69, 9.17) is 9.15 Å². The molecular weight excluding hydrogens is 468 g/mol. The maximum Gasteiger partial charge on any atom is 0.296 e. The molecule has 1 aliphatic heterocycles. The van der Waals surface area contributed by atoms with Gasteiger partial charge in [0, 0.05) is 35.3 Å². The van der Waals surface area contributed by atoms with Crippen LogP contribution >= 0.6 is 0 Å². The van der Waals surface area contributed by atoms with E-state index in [1.807, 2.05) is 68.9 Å². The fourth-order valence-electron chi connectivity index (χ4n) is 5.12. The predicted molar refractivity (Wildman–Crippen MR) is 141 cm³/mol. The summed E-state index contributed by atoms with van der Waals surface area (Å²) in [7, 11) is 1.92. The van der Waals surface area contributed by atoms with Gasteiger partial charge in [-0.2, -0.15) is 0 Å². The molecule has 0 aliphatic carbocycles. The lowest BCUT2D eigenvalue weighted by Crippen LogP contribution is -2.29. The number of fused-ring (bicyclic) bond motifs is 1. The first-order valence-electron chi connectivity index (χ1n) is 12.4. The van der Waals surface area contributed by atoms with Gasteiger partial charge in [0.05, 0.1) is 31.0 Å². The van der Waals surface area contributed by atoms with Gasteiger partial charge < -0.3 is 23.7 Å². The number of aromatic nitrogens is 1. The van der Waals surface area contributed by atoms with E-state index in [-0.39, 0.29) is 23.8 Å². The Hall–Kier alpha value is -4.26. The number of ether oxygens (including phenoxy) is 1. The van der Waals surface area contributed by atoms with Gasteiger partial charge in [-0.15, -0.1) is 0 Å². The largest absolute Gasteiger partial charge is 0.507 e. The summed E-state index contributed by atoms with van der Waals surface area (Å²) >= 11 is 0. The second kappa shape index (κ2) is 9.65. The highest BCUT2D eigenvalue weighted by atomic mass is 16.5. The number of aliphatic hydroxyl groups is 1. The molecule has 5 rings (SSSR count). The molecule has 2 aromatic carbocycles. The third-order valence-electron chi connectivity index (χ3n) is 6.87. The molecule has 0 spiro atoms. The normalized spacial score (nSPS) is 17.3. The zero-order valence-electron chi connectivity index (χ0n) is 21.4. The van der Waals surface area contributed by atoms with Gasteiger partial charge in [-0.05, 0) is 54.8 Å². The summed E-state index contributed by atoms with van der Waals surface area (Å²) in [6.45, 7) is 6.62. The molecule has 0 saturated carbocycles. The molecule has 7 heteroatoms. The maximum atomic E-state index is 13.5. The lowest BCUT2D eigenvalue weighted by Gasteiger charge is -2.24. The van der Waals surface area contributed by atoms with Gasteiger partial charge >= 0.3 is 0 Å². The van der Waals surface area contributed by atoms with Gasteiger partial charge in [-0.25, -0.2) is 0 Å². The standard InChI is InChI=1S/C30H30N2O5/c1-5-36-25-13-12-19(15-22(25)18(2)3)28(33)26-27(23-17-31(4)24-11-7-6-10-21(23)24)32(30(35)29(26)34)16-20-9-8-14-37-20/h6-15,17-18,27,33H,5,16H2,1-4H3/b28-26+. The van der Waals surface area contributed by atoms with Crippen molar-refractivity contribution in [3.8, 4) is 5.75 Å². The van der Waals surface area contributed by atoms with Gasteiger partial charge in [-0.3, -0.25) is 9.59 Å². The number of likely N-dealkylation sites (tertiary alicyclic amines) is 1. The van der Waals surface area contributed by atoms with Crippen molar-refractivity contribution in [1.29, 1.82) is 0 Å². The van der Waals surface area contributed by atoms with E-state index in [1.165, 1.54) is 11.2 Å². The Morgan fingerprint density at radius 3 is 2.59 bits per heavy atom. The zero-order chi connectivity index (χ0) is 26.3. The number of hydrogen-bond acceptors (Lipinski definition) is 5. The lowest BCUT2D eigenvalue weighted by atomic mass is 9.93. The van der Waals surface area contributed by atoms with E-state index in [9.17, 15) is 14.7 Å². The number of para-hydroxylation sites is 1. The SMILES string of the molecule is CCOc1ccc(/C(O)=C2\C(=O)C(=O)N(Cc3ccco3)C2c2cn(C)c3ccccc23)cc1C(C)C. The lowest BCUT2D eigenvalue weighted by molar-refractivity contribution is -0.140. The van der Waals surface area contributed by atoms with Gasteiger partial charge in [0.2, 0.25) is 0 Å². The van der Waals surface area contributed by atoms with E-state index >= 15 is 0 Å². The molecule has 0 bridgehead atoms. The van der Waals surface area contributed by atoms with E-state index in [0.717, 1.165) is 27.8 Å². The van der Waals surface area contributed by atoms with Crippen LogP contribution in [0.2, 0.25) is 0 Å². The summed E-state index contributed by atoms with van der Waals surface area (Å²) in [6.07, 6.45) is 3.45. The molecule has 0 radical (unpaired) electrons. The maximum absolute atomic E-state index is 13.5. The number of carbonyl (C=O) groups is 2. The van der Waals surface area contributed by atoms with E-state index in [2.05, 4.69) is 0 Å². The first-order chi connectivity index (χ1) is 17.8. The molecule has 7 nitrogen and oxygen atoms in total. The van der Waals surface area contributed by atoms with Crippen LogP contribution in [0, 0.1) is 0 Å². The molecule has 37 heavy (non-hydrogen) atoms. The average Bonchev–Trinajstić information content (AvgIpc) is 3.58. The number of rotatable bonds is 7. The van der Waals surface area contributed by atoms with Gasteiger partial charge in [0.15, 0.2) is 0 Å². The molecule has 1 saturated heterocycles. The van der Waals surface area contributed by atoms with Crippen molar-refractivity contribution in [1.82, 2.24) is 9.47 Å². The van der Waals surface area contributed by atoms with Gasteiger partial charge in [-0.1, -0.05) is 32.0 Å². The first kappa shape index (κ1) is 24.4. The average molecular weight is 499 g/mol. The fraction of sp³-hybridized carbons (Fsp3) is 0.267. The number of benzene rings is 2. The van der Waals surface area contributed by atoms with Crippen LogP contribution in [0.1, 0.15) is 55.2 Å². The number of furan rings is 1. The summed E-state index contributed by atoms with van der Waals surface area (Å²) in [5.74, 6) is -0.186. The van der Waals surface area contributed by atoms with Crippen molar-refractivity contribution in [2.75, 3.05) is 6.61 Å². The van der Waals surface area contributed by atoms with E-state index in [0.29, 0.717) is 17.9 Å². The van der Waals surface area contributed by atoms with Crippen LogP contribution in [0.3, 0.4) is 0 Å². The monoisotopic (exact) mass is 498 g/mol. The van der Waals surface area contributed by atoms with Crippen LogP contribution in [0.4, 0.5) is 0 Å². The fourth-order valence-corrected chi connectivity index (χ4v) is 5.12. The smallest absolute Gasteiger partial charge is 0.296 e. The Labute approximate surface area is 215 Å². The van der Waals surface area contributed by atoms with E-state index < -0.39 is 17.7 Å². The zero-order valence-corrected chi connectivity index (χ0v) is 21.4. The van der Waals surface area contributed by atoms with Crippen LogP contribution in [0.15, 0.2) is 77.0 Å². The molecule has 1 N–H and O–H groups in total. The van der Waals surface area contributed by atoms with Crippen LogP contribution in [-0.2, 0) is 23.2 Å². The topological polar surface area (TPSA) is 84.9 Å². The van der Waals surface area contributed by atoms with Crippen LogP contribution in [0.5, 0.6) is 5.75 Å². The Bertz CT molecular complexity index is 1510. The van der Waals surface area contributed by atoms with Crippen molar-refractivity contribution in [2.45, 2.75) is 39.3 Å². The number of Topliss-reactive ketones (excluding diaryl/α,β-unsaturated/α-hetero) is 1. The number of hydrogen-bond donors (Lipinski definition) is 1. The summed E-state index contributed by atoms with van der Waals surface area (Å²) < 4.78 is 13.2. The predicted octanol–water partition coefficient (Wildman–Crippen LogP) is 5.92. The number of carbonyl (C=O) groups excluding carboxylic acids is 2. The number of aliphatic hydroxyl groups excluding tert-OH is 1. The molecule has 2 aromatic heterocycles. The minimum absolute atomic E-state index is 0.0618. The Kier molecular flexibility index (Phi) is 6.38. The highest BCUT2D eigenvalue weighted by molar-refractivity contribution is 6.46. The molecule has 190 valence electrons. The number of ketones is 1. The summed E-state index contributed by atoms with van der Waals surface area (Å²) in [5.41, 5.74) is 3.17. The van der Waals surface area contributed by atoms with Crippen molar-refractivity contribution in [3.63, 3.8) is 0 Å². The quantitative estimate of drug-likeness (QED) is 0.194. The summed E-state index contributed by atoms with van der Waals surface area (Å²) in [4.78, 5) is 28.4. The molecule has 1 fully saturated rings. The van der Waals surface area contributed by atoms with Crippen molar-refractivity contribution in [2.24, 2.45) is 7.05 Å².